The van der Waals surface area contributed by atoms with Crippen LogP contribution in [-0.2, 0) is 0 Å². The van der Waals surface area contributed by atoms with Crippen LogP contribution in [0.15, 0.2) is 48.7 Å². The Morgan fingerprint density at radius 1 is 1.10 bits per heavy atom. The van der Waals surface area contributed by atoms with Gasteiger partial charge in [-0.25, -0.2) is 0 Å². The Hall–Kier alpha value is -2.29. The fourth-order valence-electron chi connectivity index (χ4n) is 3.11. The van der Waals surface area contributed by atoms with Crippen LogP contribution in [0.25, 0.3) is 10.9 Å². The van der Waals surface area contributed by atoms with Crippen molar-refractivity contribution in [3.05, 3.63) is 59.8 Å². The van der Waals surface area contributed by atoms with E-state index in [1.54, 1.807) is 0 Å². The maximum absolute atomic E-state index is 4.06. The van der Waals surface area contributed by atoms with E-state index in [0.29, 0.717) is 12.0 Å². The minimum Gasteiger partial charge on any atom is -0.382 e. The fourth-order valence-corrected chi connectivity index (χ4v) is 3.11. The molecular weight excluding hydrogens is 258 g/mol. The number of hydrogen-bond donors (Lipinski definition) is 2. The molecule has 0 unspecified atom stereocenters. The Bertz CT molecular complexity index is 751. The first-order chi connectivity index (χ1) is 10.3. The highest BCUT2D eigenvalue weighted by atomic mass is 15.1. The second-order valence-corrected chi connectivity index (χ2v) is 6.09. The van der Waals surface area contributed by atoms with Crippen LogP contribution in [0.1, 0.15) is 29.9 Å². The van der Waals surface area contributed by atoms with Gasteiger partial charge in [-0.2, -0.15) is 5.10 Å². The average Bonchev–Trinajstić information content (AvgIpc) is 2.91. The molecule has 1 fully saturated rings. The number of benzene rings is 2. The molecule has 1 aromatic heterocycles. The third-order valence-corrected chi connectivity index (χ3v) is 4.50. The van der Waals surface area contributed by atoms with Crippen molar-refractivity contribution in [2.45, 2.75) is 31.7 Å². The third kappa shape index (κ3) is 2.40. The molecule has 21 heavy (non-hydrogen) atoms. The molecule has 0 saturated heterocycles. The first-order valence-corrected chi connectivity index (χ1v) is 7.54. The van der Waals surface area contributed by atoms with Crippen LogP contribution >= 0.6 is 0 Å². The number of hydrogen-bond acceptors (Lipinski definition) is 2. The van der Waals surface area contributed by atoms with Crippen molar-refractivity contribution in [3.8, 4) is 0 Å². The molecule has 1 saturated carbocycles. The van der Waals surface area contributed by atoms with Gasteiger partial charge in [0.05, 0.1) is 11.7 Å². The summed E-state index contributed by atoms with van der Waals surface area (Å²) in [6, 6.07) is 15.9. The molecule has 0 atom stereocenters. The molecule has 1 aliphatic rings. The molecular formula is C18H19N3. The van der Waals surface area contributed by atoms with Crippen LogP contribution in [0.4, 0.5) is 5.69 Å². The summed E-state index contributed by atoms with van der Waals surface area (Å²) >= 11 is 0. The van der Waals surface area contributed by atoms with E-state index in [2.05, 4.69) is 64.9 Å². The lowest BCUT2D eigenvalue weighted by molar-refractivity contribution is 0.374. The molecule has 0 radical (unpaired) electrons. The summed E-state index contributed by atoms with van der Waals surface area (Å²) in [4.78, 5) is 0. The Labute approximate surface area is 124 Å². The van der Waals surface area contributed by atoms with E-state index >= 15 is 0 Å². The van der Waals surface area contributed by atoms with Crippen LogP contribution in [0.5, 0.6) is 0 Å². The predicted molar refractivity (Wildman–Crippen MR) is 86.7 cm³/mol. The van der Waals surface area contributed by atoms with E-state index in [9.17, 15) is 0 Å². The fraction of sp³-hybridized carbons (Fsp3) is 0.278. The average molecular weight is 277 g/mol. The summed E-state index contributed by atoms with van der Waals surface area (Å²) in [5.74, 6) is 0.707. The molecule has 106 valence electrons. The lowest BCUT2D eigenvalue weighted by Crippen LogP contribution is -2.33. The van der Waals surface area contributed by atoms with E-state index < -0.39 is 0 Å². The predicted octanol–water partition coefficient (Wildman–Crippen LogP) is 4.23. The van der Waals surface area contributed by atoms with E-state index in [1.165, 1.54) is 29.7 Å². The zero-order chi connectivity index (χ0) is 14.2. The van der Waals surface area contributed by atoms with Crippen LogP contribution in [-0.4, -0.2) is 16.2 Å². The minimum absolute atomic E-state index is 0.580. The molecule has 0 bridgehead atoms. The lowest BCUT2D eigenvalue weighted by atomic mass is 9.75. The summed E-state index contributed by atoms with van der Waals surface area (Å²) in [7, 11) is 0. The number of H-pyrrole nitrogens is 1. The summed E-state index contributed by atoms with van der Waals surface area (Å²) in [5, 5.41) is 11.9. The van der Waals surface area contributed by atoms with Crippen LogP contribution in [0.3, 0.4) is 0 Å². The lowest BCUT2D eigenvalue weighted by Gasteiger charge is -2.37. The van der Waals surface area contributed by atoms with Crippen LogP contribution in [0.2, 0.25) is 0 Å². The van der Waals surface area contributed by atoms with Gasteiger partial charge in [0.1, 0.15) is 0 Å². The zero-order valence-electron chi connectivity index (χ0n) is 12.1. The minimum atomic E-state index is 0.580. The van der Waals surface area contributed by atoms with Crippen molar-refractivity contribution >= 4 is 16.6 Å². The Kier molecular flexibility index (Phi) is 2.92. The van der Waals surface area contributed by atoms with Gasteiger partial charge in [-0.3, -0.25) is 5.10 Å². The molecule has 3 heteroatoms. The standard InChI is InChI=1S/C18H19N3/c1-12-2-4-13(5-3-12)15-8-17(9-15)20-16-7-6-14-11-19-21-18(14)10-16/h2-7,10-11,15,17,20H,8-9H2,1H3,(H,19,21). The number of nitrogens with one attached hydrogen (secondary N) is 2. The Morgan fingerprint density at radius 3 is 2.71 bits per heavy atom. The highest BCUT2D eigenvalue weighted by molar-refractivity contribution is 5.81. The maximum atomic E-state index is 4.06. The number of aryl methyl sites for hydroxylation is 1. The summed E-state index contributed by atoms with van der Waals surface area (Å²) in [6.07, 6.45) is 4.28. The first-order valence-electron chi connectivity index (χ1n) is 7.54. The van der Waals surface area contributed by atoms with Crippen molar-refractivity contribution in [1.82, 2.24) is 10.2 Å². The Morgan fingerprint density at radius 2 is 1.90 bits per heavy atom. The van der Waals surface area contributed by atoms with Gasteiger partial charge in [0.2, 0.25) is 0 Å². The smallest absolute Gasteiger partial charge is 0.0670 e. The SMILES string of the molecule is Cc1ccc(C2CC(Nc3ccc4cn[nH]c4c3)C2)cc1. The molecule has 0 aliphatic heterocycles. The molecule has 4 rings (SSSR count). The number of aromatic nitrogens is 2. The normalized spacial score (nSPS) is 21.2. The van der Waals surface area contributed by atoms with Gasteiger partial charge >= 0.3 is 0 Å². The van der Waals surface area contributed by atoms with Crippen LogP contribution in [0, 0.1) is 6.92 Å². The molecule has 2 N–H and O–H groups in total. The maximum Gasteiger partial charge on any atom is 0.0670 e. The number of aromatic amines is 1. The molecule has 0 amide bonds. The second-order valence-electron chi connectivity index (χ2n) is 6.09. The summed E-state index contributed by atoms with van der Waals surface area (Å²) < 4.78 is 0. The number of rotatable bonds is 3. The largest absolute Gasteiger partial charge is 0.382 e. The van der Waals surface area contributed by atoms with Crippen molar-refractivity contribution < 1.29 is 0 Å². The van der Waals surface area contributed by atoms with Gasteiger partial charge in [0.25, 0.3) is 0 Å². The van der Waals surface area contributed by atoms with Gasteiger partial charge in [0, 0.05) is 17.1 Å². The van der Waals surface area contributed by atoms with Crippen LogP contribution < -0.4 is 5.32 Å². The number of nitrogens with zero attached hydrogens (tertiary/aromatic N) is 1. The summed E-state index contributed by atoms with van der Waals surface area (Å²) in [6.45, 7) is 2.14. The monoisotopic (exact) mass is 277 g/mol. The summed E-state index contributed by atoms with van der Waals surface area (Å²) in [5.41, 5.74) is 5.08. The van der Waals surface area contributed by atoms with Crippen molar-refractivity contribution in [1.29, 1.82) is 0 Å². The highest BCUT2D eigenvalue weighted by Crippen LogP contribution is 2.38. The molecule has 2 aromatic carbocycles. The molecule has 3 nitrogen and oxygen atoms in total. The van der Waals surface area contributed by atoms with E-state index in [4.69, 9.17) is 0 Å². The van der Waals surface area contributed by atoms with Gasteiger partial charge in [-0.1, -0.05) is 29.8 Å². The quantitative estimate of drug-likeness (QED) is 0.752. The molecule has 0 spiro atoms. The zero-order valence-corrected chi connectivity index (χ0v) is 12.1. The van der Waals surface area contributed by atoms with Crippen molar-refractivity contribution in [3.63, 3.8) is 0 Å². The number of anilines is 1. The topological polar surface area (TPSA) is 40.7 Å². The van der Waals surface area contributed by atoms with Crippen molar-refractivity contribution in [2.75, 3.05) is 5.32 Å². The van der Waals surface area contributed by atoms with E-state index in [1.807, 2.05) is 6.20 Å². The van der Waals surface area contributed by atoms with Gasteiger partial charge in [-0.15, -0.1) is 0 Å². The molecule has 3 aromatic rings. The highest BCUT2D eigenvalue weighted by Gasteiger charge is 2.30. The second kappa shape index (κ2) is 4.92. The van der Waals surface area contributed by atoms with Gasteiger partial charge in [-0.05, 0) is 49.4 Å². The molecule has 1 heterocycles. The van der Waals surface area contributed by atoms with Gasteiger partial charge < -0.3 is 5.32 Å². The molecule has 1 aliphatic carbocycles. The van der Waals surface area contributed by atoms with E-state index in [-0.39, 0.29) is 0 Å². The number of fused-ring (bicyclic) bond motifs is 1. The Balaban J connectivity index is 1.40. The van der Waals surface area contributed by atoms with Gasteiger partial charge in [0.15, 0.2) is 0 Å². The third-order valence-electron chi connectivity index (χ3n) is 4.50. The van der Waals surface area contributed by atoms with Crippen molar-refractivity contribution in [2.24, 2.45) is 0 Å². The van der Waals surface area contributed by atoms with E-state index in [0.717, 1.165) is 10.9 Å². The first kappa shape index (κ1) is 12.5.